The number of hydrogen-bond donors (Lipinski definition) is 0. The molecule has 0 spiro atoms. The number of hydrogen-bond acceptors (Lipinski definition) is 4. The number of nitrogens with zero attached hydrogens (tertiary/aromatic N) is 4. The predicted molar refractivity (Wildman–Crippen MR) is 104 cm³/mol. The van der Waals surface area contributed by atoms with Crippen molar-refractivity contribution >= 4 is 5.91 Å². The largest absolute Gasteiger partial charge is 0.333 e. The van der Waals surface area contributed by atoms with Crippen LogP contribution in [0.25, 0.3) is 0 Å². The third-order valence-corrected chi connectivity index (χ3v) is 6.90. The molecule has 1 aromatic carbocycles. The fourth-order valence-electron chi connectivity index (χ4n) is 5.52. The molecule has 27 heavy (non-hydrogen) atoms. The minimum Gasteiger partial charge on any atom is -0.333 e. The van der Waals surface area contributed by atoms with E-state index in [1.54, 1.807) is 6.20 Å². The summed E-state index contributed by atoms with van der Waals surface area (Å²) in [6.45, 7) is 7.16. The van der Waals surface area contributed by atoms with Crippen molar-refractivity contribution < 1.29 is 4.79 Å². The van der Waals surface area contributed by atoms with Crippen molar-refractivity contribution in [3.63, 3.8) is 0 Å². The summed E-state index contributed by atoms with van der Waals surface area (Å²) in [6.07, 6.45) is 5.61. The quantitative estimate of drug-likeness (QED) is 0.824. The van der Waals surface area contributed by atoms with E-state index in [-0.39, 0.29) is 5.91 Å². The summed E-state index contributed by atoms with van der Waals surface area (Å²) >= 11 is 0. The van der Waals surface area contributed by atoms with Gasteiger partial charge in [0.25, 0.3) is 5.91 Å². The molecule has 5 heterocycles. The Kier molecular flexibility index (Phi) is 4.01. The first-order valence-electron chi connectivity index (χ1n) is 10.0. The van der Waals surface area contributed by atoms with Gasteiger partial charge in [0.15, 0.2) is 0 Å². The van der Waals surface area contributed by atoms with Crippen LogP contribution in [0, 0.1) is 19.8 Å². The Labute approximate surface area is 160 Å². The lowest BCUT2D eigenvalue weighted by Crippen LogP contribution is -2.60. The first kappa shape index (κ1) is 16.9. The van der Waals surface area contributed by atoms with Crippen molar-refractivity contribution in [3.05, 3.63) is 59.2 Å². The van der Waals surface area contributed by atoms with Crippen LogP contribution in [0.15, 0.2) is 36.8 Å². The third-order valence-electron chi connectivity index (χ3n) is 6.90. The Morgan fingerprint density at radius 2 is 1.81 bits per heavy atom. The molecule has 0 aliphatic carbocycles. The SMILES string of the molecule is Cc1ccc([C@@H]2CN(C(=O)c3cncnc3C)[C@H]3C4CCN(CC4)[C@@H]23)cc1. The zero-order chi connectivity index (χ0) is 18.5. The molecular formula is C22H26N4O. The molecule has 0 radical (unpaired) electrons. The van der Waals surface area contributed by atoms with Crippen molar-refractivity contribution in [2.45, 2.75) is 44.7 Å². The van der Waals surface area contributed by atoms with Crippen molar-refractivity contribution in [1.82, 2.24) is 19.8 Å². The van der Waals surface area contributed by atoms with E-state index in [1.165, 1.54) is 43.4 Å². The molecule has 6 rings (SSSR count). The number of fused-ring (bicyclic) bond motifs is 2. The minimum absolute atomic E-state index is 0.103. The highest BCUT2D eigenvalue weighted by Gasteiger charge is 2.54. The molecule has 2 aromatic rings. The summed E-state index contributed by atoms with van der Waals surface area (Å²) in [7, 11) is 0. The highest BCUT2D eigenvalue weighted by molar-refractivity contribution is 5.95. The lowest BCUT2D eigenvalue weighted by atomic mass is 9.75. The second-order valence-corrected chi connectivity index (χ2v) is 8.35. The van der Waals surface area contributed by atoms with E-state index in [2.05, 4.69) is 51.0 Å². The number of aryl methyl sites for hydroxylation is 2. The van der Waals surface area contributed by atoms with Gasteiger partial charge in [0, 0.05) is 24.7 Å². The molecule has 4 saturated heterocycles. The van der Waals surface area contributed by atoms with Crippen molar-refractivity contribution in [2.75, 3.05) is 19.6 Å². The lowest BCUT2D eigenvalue weighted by molar-refractivity contribution is -0.00345. The van der Waals surface area contributed by atoms with Gasteiger partial charge in [-0.05, 0) is 51.3 Å². The molecule has 5 heteroatoms. The van der Waals surface area contributed by atoms with E-state index in [0.29, 0.717) is 29.5 Å². The maximum Gasteiger partial charge on any atom is 0.257 e. The second-order valence-electron chi connectivity index (χ2n) is 8.35. The third kappa shape index (κ3) is 2.67. The van der Waals surface area contributed by atoms with Crippen LogP contribution >= 0.6 is 0 Å². The Morgan fingerprint density at radius 3 is 2.52 bits per heavy atom. The van der Waals surface area contributed by atoms with Gasteiger partial charge >= 0.3 is 0 Å². The van der Waals surface area contributed by atoms with Crippen LogP contribution in [0.4, 0.5) is 0 Å². The molecule has 4 fully saturated rings. The van der Waals surface area contributed by atoms with E-state index in [1.807, 2.05) is 6.92 Å². The number of benzene rings is 1. The van der Waals surface area contributed by atoms with Gasteiger partial charge in [-0.15, -0.1) is 0 Å². The van der Waals surface area contributed by atoms with Gasteiger partial charge in [0.05, 0.1) is 17.3 Å². The predicted octanol–water partition coefficient (Wildman–Crippen LogP) is 2.80. The highest BCUT2D eigenvalue weighted by atomic mass is 16.2. The standard InChI is InChI=1S/C22H26N4O/c1-14-3-5-16(6-4-14)19-12-26(22(27)18-11-23-13-24-15(18)2)20-17-7-9-25(10-8-17)21(19)20/h3-6,11,13,17,19-21H,7-10,12H2,1-2H3/t19-,20-,21-/m0/s1. The molecule has 2 bridgehead atoms. The van der Waals surface area contributed by atoms with Crippen LogP contribution in [-0.2, 0) is 0 Å². The molecule has 4 aliphatic rings. The zero-order valence-corrected chi connectivity index (χ0v) is 16.0. The van der Waals surface area contributed by atoms with Crippen molar-refractivity contribution in [1.29, 1.82) is 0 Å². The minimum atomic E-state index is 0.103. The topological polar surface area (TPSA) is 49.3 Å². The van der Waals surface area contributed by atoms with Gasteiger partial charge in [0.1, 0.15) is 6.33 Å². The number of amides is 1. The van der Waals surface area contributed by atoms with E-state index in [4.69, 9.17) is 0 Å². The maximum atomic E-state index is 13.5. The molecule has 5 nitrogen and oxygen atoms in total. The van der Waals surface area contributed by atoms with Crippen molar-refractivity contribution in [2.24, 2.45) is 5.92 Å². The Bertz CT molecular complexity index is 857. The van der Waals surface area contributed by atoms with Crippen LogP contribution in [0.3, 0.4) is 0 Å². The van der Waals surface area contributed by atoms with Gasteiger partial charge in [-0.25, -0.2) is 9.97 Å². The van der Waals surface area contributed by atoms with E-state index in [9.17, 15) is 4.79 Å². The second kappa shape index (κ2) is 6.41. The summed E-state index contributed by atoms with van der Waals surface area (Å²) < 4.78 is 0. The molecule has 0 unspecified atom stereocenters. The van der Waals surface area contributed by atoms with Gasteiger partial charge in [0.2, 0.25) is 0 Å². The van der Waals surface area contributed by atoms with Crippen LogP contribution < -0.4 is 0 Å². The zero-order valence-electron chi connectivity index (χ0n) is 16.0. The number of likely N-dealkylation sites (tertiary alicyclic amines) is 1. The molecule has 1 amide bonds. The number of carbonyl (C=O) groups is 1. The fraction of sp³-hybridized carbons (Fsp3) is 0.500. The number of rotatable bonds is 2. The summed E-state index contributed by atoms with van der Waals surface area (Å²) in [6, 6.07) is 9.65. The first-order chi connectivity index (χ1) is 13.1. The average molecular weight is 362 g/mol. The fourth-order valence-corrected chi connectivity index (χ4v) is 5.52. The van der Waals surface area contributed by atoms with Gasteiger partial charge in [-0.3, -0.25) is 9.69 Å². The normalized spacial score (nSPS) is 31.8. The van der Waals surface area contributed by atoms with Gasteiger partial charge < -0.3 is 4.90 Å². The molecule has 140 valence electrons. The smallest absolute Gasteiger partial charge is 0.257 e. The molecule has 3 atom stereocenters. The van der Waals surface area contributed by atoms with E-state index < -0.39 is 0 Å². The Hall–Kier alpha value is -2.27. The molecule has 1 aromatic heterocycles. The summed E-state index contributed by atoms with van der Waals surface area (Å²) in [5.41, 5.74) is 4.06. The van der Waals surface area contributed by atoms with Crippen LogP contribution in [-0.4, -0.2) is 57.4 Å². The maximum absolute atomic E-state index is 13.5. The Morgan fingerprint density at radius 1 is 1.07 bits per heavy atom. The van der Waals surface area contributed by atoms with Gasteiger partial charge in [-0.1, -0.05) is 29.8 Å². The summed E-state index contributed by atoms with van der Waals surface area (Å²) in [4.78, 5) is 26.6. The monoisotopic (exact) mass is 362 g/mol. The number of carbonyl (C=O) groups excluding carboxylic acids is 1. The first-order valence-corrected chi connectivity index (χ1v) is 10.0. The molecule has 0 saturated carbocycles. The summed E-state index contributed by atoms with van der Waals surface area (Å²) in [5.74, 6) is 1.10. The van der Waals surface area contributed by atoms with Crippen molar-refractivity contribution in [3.8, 4) is 0 Å². The molecular weight excluding hydrogens is 336 g/mol. The number of piperidine rings is 3. The number of aromatic nitrogens is 2. The summed E-state index contributed by atoms with van der Waals surface area (Å²) in [5, 5.41) is 0. The van der Waals surface area contributed by atoms with Crippen LogP contribution in [0.2, 0.25) is 0 Å². The highest BCUT2D eigenvalue weighted by Crippen LogP contribution is 2.47. The van der Waals surface area contributed by atoms with E-state index >= 15 is 0 Å². The van der Waals surface area contributed by atoms with E-state index in [0.717, 1.165) is 12.2 Å². The molecule has 4 aliphatic heterocycles. The van der Waals surface area contributed by atoms with Gasteiger partial charge in [-0.2, -0.15) is 0 Å². The molecule has 0 N–H and O–H groups in total. The van der Waals surface area contributed by atoms with Crippen LogP contribution in [0.5, 0.6) is 0 Å². The lowest BCUT2D eigenvalue weighted by Gasteiger charge is -2.51. The Balaban J connectivity index is 1.53. The average Bonchev–Trinajstić information content (AvgIpc) is 3.12. The van der Waals surface area contributed by atoms with Crippen LogP contribution in [0.1, 0.15) is 45.9 Å².